The van der Waals surface area contributed by atoms with E-state index < -0.39 is 0 Å². The molecule has 31 heavy (non-hydrogen) atoms. The zero-order chi connectivity index (χ0) is 22.1. The first kappa shape index (κ1) is 22.9. The maximum Gasteiger partial charge on any atom is 0.226 e. The van der Waals surface area contributed by atoms with Gasteiger partial charge in [0.05, 0.1) is 5.82 Å². The van der Waals surface area contributed by atoms with Gasteiger partial charge in [-0.15, -0.1) is 0 Å². The van der Waals surface area contributed by atoms with Crippen molar-refractivity contribution >= 4 is 17.3 Å². The van der Waals surface area contributed by atoms with E-state index in [0.717, 1.165) is 62.6 Å². The summed E-state index contributed by atoms with van der Waals surface area (Å²) in [6, 6.07) is 18.5. The molecule has 5 heteroatoms. The maximum atomic E-state index is 12.0. The van der Waals surface area contributed by atoms with Crippen molar-refractivity contribution < 1.29 is 4.79 Å². The van der Waals surface area contributed by atoms with Gasteiger partial charge in [0.2, 0.25) is 5.91 Å². The number of para-hydroxylation sites is 1. The average molecular weight is 421 g/mol. The minimum absolute atomic E-state index is 0.00678. The smallest absolute Gasteiger partial charge is 0.226 e. The number of nitrogens with zero attached hydrogens (tertiary/aromatic N) is 1. The van der Waals surface area contributed by atoms with Crippen LogP contribution in [0.4, 0.5) is 11.4 Å². The van der Waals surface area contributed by atoms with Crippen LogP contribution in [0.15, 0.2) is 67.0 Å². The van der Waals surface area contributed by atoms with Crippen molar-refractivity contribution in [2.75, 3.05) is 36.8 Å². The lowest BCUT2D eigenvalue weighted by molar-refractivity contribution is -0.118. The predicted molar refractivity (Wildman–Crippen MR) is 130 cm³/mol. The molecule has 0 radical (unpaired) electrons. The molecule has 1 amide bonds. The zero-order valence-corrected chi connectivity index (χ0v) is 18.9. The fraction of sp³-hybridized carbons (Fsp3) is 0.423. The van der Waals surface area contributed by atoms with Crippen LogP contribution in [-0.2, 0) is 4.79 Å². The van der Waals surface area contributed by atoms with E-state index in [1.54, 1.807) is 0 Å². The van der Waals surface area contributed by atoms with Gasteiger partial charge in [0.1, 0.15) is 0 Å². The van der Waals surface area contributed by atoms with E-state index >= 15 is 0 Å². The van der Waals surface area contributed by atoms with E-state index in [2.05, 4.69) is 45.6 Å². The number of hydrogen-bond acceptors (Lipinski definition) is 4. The van der Waals surface area contributed by atoms with Crippen LogP contribution >= 0.6 is 0 Å². The van der Waals surface area contributed by atoms with Gasteiger partial charge in [0.25, 0.3) is 0 Å². The van der Waals surface area contributed by atoms with Crippen LogP contribution in [0.25, 0.3) is 0 Å². The van der Waals surface area contributed by atoms with Crippen LogP contribution in [0.3, 0.4) is 0 Å². The second kappa shape index (κ2) is 11.6. The van der Waals surface area contributed by atoms with Crippen molar-refractivity contribution in [3.05, 3.63) is 72.6 Å². The number of anilines is 2. The normalized spacial score (nSPS) is 14.9. The first-order valence-corrected chi connectivity index (χ1v) is 11.4. The number of hydrogen-bond donors (Lipinski definition) is 3. The lowest BCUT2D eigenvalue weighted by Gasteiger charge is -2.32. The van der Waals surface area contributed by atoms with Crippen LogP contribution in [0.5, 0.6) is 0 Å². The number of nitrogens with one attached hydrogen (secondary N) is 3. The van der Waals surface area contributed by atoms with Gasteiger partial charge in [-0.25, -0.2) is 0 Å². The zero-order valence-electron chi connectivity index (χ0n) is 18.9. The molecular weight excluding hydrogens is 384 g/mol. The molecule has 0 aromatic heterocycles. The lowest BCUT2D eigenvalue weighted by atomic mass is 9.89. The highest BCUT2D eigenvalue weighted by Gasteiger charge is 2.20. The highest BCUT2D eigenvalue weighted by molar-refractivity contribution is 5.92. The highest BCUT2D eigenvalue weighted by atomic mass is 16.1. The molecule has 0 aliphatic carbocycles. The highest BCUT2D eigenvalue weighted by Crippen LogP contribution is 2.29. The van der Waals surface area contributed by atoms with E-state index in [4.69, 9.17) is 0 Å². The third-order valence-electron chi connectivity index (χ3n) is 5.80. The van der Waals surface area contributed by atoms with Gasteiger partial charge in [-0.2, -0.15) is 0 Å². The van der Waals surface area contributed by atoms with Crippen molar-refractivity contribution in [1.82, 2.24) is 10.2 Å². The Morgan fingerprint density at radius 2 is 1.74 bits per heavy atom. The predicted octanol–water partition coefficient (Wildman–Crippen LogP) is 5.02. The molecule has 1 aliphatic heterocycles. The van der Waals surface area contributed by atoms with E-state index in [1.807, 2.05) is 50.2 Å². The number of rotatable bonds is 10. The molecule has 0 unspecified atom stereocenters. The number of likely N-dealkylation sites (tertiary alicyclic amines) is 1. The van der Waals surface area contributed by atoms with Gasteiger partial charge in [0, 0.05) is 23.8 Å². The summed E-state index contributed by atoms with van der Waals surface area (Å²) in [4.78, 5) is 14.5. The molecule has 3 N–H and O–H groups in total. The Balaban J connectivity index is 1.35. The fourth-order valence-corrected chi connectivity index (χ4v) is 3.93. The first-order valence-electron chi connectivity index (χ1n) is 11.4. The summed E-state index contributed by atoms with van der Waals surface area (Å²) in [5, 5.41) is 9.67. The van der Waals surface area contributed by atoms with Gasteiger partial charge in [0.15, 0.2) is 0 Å². The molecule has 2 aromatic rings. The van der Waals surface area contributed by atoms with Crippen molar-refractivity contribution in [3.8, 4) is 0 Å². The number of benzene rings is 2. The SMILES string of the molecule is C=C(NCCCN1CCC(c2cccc(NC(=O)C(C)C)c2)CC1)Nc1ccccc1. The molecule has 1 fully saturated rings. The largest absolute Gasteiger partial charge is 0.372 e. The summed E-state index contributed by atoms with van der Waals surface area (Å²) in [6.45, 7) is 12.1. The quantitative estimate of drug-likeness (QED) is 0.472. The second-order valence-electron chi connectivity index (χ2n) is 8.64. The summed E-state index contributed by atoms with van der Waals surface area (Å²) >= 11 is 0. The number of piperidine rings is 1. The van der Waals surface area contributed by atoms with E-state index in [9.17, 15) is 4.79 Å². The Morgan fingerprint density at radius 1 is 1.03 bits per heavy atom. The van der Waals surface area contributed by atoms with Gasteiger partial charge >= 0.3 is 0 Å². The van der Waals surface area contributed by atoms with Crippen LogP contribution in [0.1, 0.15) is 44.6 Å². The van der Waals surface area contributed by atoms with Crippen molar-refractivity contribution in [2.45, 2.75) is 39.0 Å². The second-order valence-corrected chi connectivity index (χ2v) is 8.64. The Labute approximate surface area is 186 Å². The molecule has 3 rings (SSSR count). The topological polar surface area (TPSA) is 56.4 Å². The minimum Gasteiger partial charge on any atom is -0.372 e. The first-order chi connectivity index (χ1) is 15.0. The van der Waals surface area contributed by atoms with Crippen LogP contribution in [0, 0.1) is 5.92 Å². The van der Waals surface area contributed by atoms with E-state index in [0.29, 0.717) is 5.92 Å². The minimum atomic E-state index is -0.00678. The Hall–Kier alpha value is -2.79. The van der Waals surface area contributed by atoms with Crippen LogP contribution in [0.2, 0.25) is 0 Å². The fourth-order valence-electron chi connectivity index (χ4n) is 3.93. The average Bonchev–Trinajstić information content (AvgIpc) is 2.78. The molecule has 5 nitrogen and oxygen atoms in total. The molecule has 1 heterocycles. The summed E-state index contributed by atoms with van der Waals surface area (Å²) in [6.07, 6.45) is 3.42. The standard InChI is InChI=1S/C26H36N4O/c1-20(2)26(31)29-25-12-7-9-23(19-25)22-13-17-30(18-14-22)16-8-15-27-21(3)28-24-10-5-4-6-11-24/h4-7,9-12,19-20,22,27-28H,3,8,13-18H2,1-2H3,(H,29,31). The summed E-state index contributed by atoms with van der Waals surface area (Å²) in [5.41, 5.74) is 3.30. The van der Waals surface area contributed by atoms with E-state index in [-0.39, 0.29) is 11.8 Å². The molecule has 166 valence electrons. The lowest BCUT2D eigenvalue weighted by Crippen LogP contribution is -2.35. The third kappa shape index (κ3) is 7.44. The van der Waals surface area contributed by atoms with Crippen molar-refractivity contribution in [3.63, 3.8) is 0 Å². The monoisotopic (exact) mass is 420 g/mol. The Bertz CT molecular complexity index is 841. The Kier molecular flexibility index (Phi) is 8.53. The van der Waals surface area contributed by atoms with Crippen molar-refractivity contribution in [2.24, 2.45) is 5.92 Å². The third-order valence-corrected chi connectivity index (χ3v) is 5.80. The number of carbonyl (C=O) groups excluding carboxylic acids is 1. The van der Waals surface area contributed by atoms with Gasteiger partial charge in [-0.3, -0.25) is 4.79 Å². The number of carbonyl (C=O) groups is 1. The molecule has 0 atom stereocenters. The van der Waals surface area contributed by atoms with E-state index in [1.165, 1.54) is 5.56 Å². The molecule has 0 bridgehead atoms. The van der Waals surface area contributed by atoms with Gasteiger partial charge in [-0.1, -0.05) is 50.8 Å². The molecule has 0 saturated carbocycles. The molecule has 2 aromatic carbocycles. The molecule has 1 aliphatic rings. The van der Waals surface area contributed by atoms with Crippen molar-refractivity contribution in [1.29, 1.82) is 0 Å². The molecule has 1 saturated heterocycles. The van der Waals surface area contributed by atoms with Gasteiger partial charge in [-0.05, 0) is 74.6 Å². The van der Waals surface area contributed by atoms with Crippen LogP contribution < -0.4 is 16.0 Å². The molecule has 0 spiro atoms. The number of amides is 1. The van der Waals surface area contributed by atoms with Gasteiger partial charge < -0.3 is 20.9 Å². The van der Waals surface area contributed by atoms with Crippen LogP contribution in [-0.4, -0.2) is 37.0 Å². The Morgan fingerprint density at radius 3 is 2.45 bits per heavy atom. The summed E-state index contributed by atoms with van der Waals surface area (Å²) < 4.78 is 0. The summed E-state index contributed by atoms with van der Waals surface area (Å²) in [5.74, 6) is 1.48. The maximum absolute atomic E-state index is 12.0. The summed E-state index contributed by atoms with van der Waals surface area (Å²) in [7, 11) is 0. The molecular formula is C26H36N4O.